The number of hydrogen-bond acceptors (Lipinski definition) is 3. The number of carbonyl (C=O) groups is 1. The third kappa shape index (κ3) is 3.84. The van der Waals surface area contributed by atoms with Crippen molar-refractivity contribution in [2.24, 2.45) is 0 Å². The summed E-state index contributed by atoms with van der Waals surface area (Å²) in [6.07, 6.45) is 2.73. The Hall–Kier alpha value is -2.37. The Labute approximate surface area is 129 Å². The highest BCUT2D eigenvalue weighted by atomic mass is 16.2. The minimum Gasteiger partial charge on any atom is -0.358 e. The summed E-state index contributed by atoms with van der Waals surface area (Å²) in [5, 5.41) is 6.85. The van der Waals surface area contributed by atoms with Crippen molar-refractivity contribution in [3.05, 3.63) is 52.2 Å². The Bertz CT molecular complexity index is 673. The number of nitrogens with zero attached hydrogens (tertiary/aromatic N) is 3. The van der Waals surface area contributed by atoms with Crippen LogP contribution in [0.1, 0.15) is 31.2 Å². The zero-order valence-electron chi connectivity index (χ0n) is 13.1. The van der Waals surface area contributed by atoms with Crippen molar-refractivity contribution in [3.8, 4) is 0 Å². The second kappa shape index (κ2) is 7.59. The summed E-state index contributed by atoms with van der Waals surface area (Å²) in [6, 6.07) is 9.79. The van der Waals surface area contributed by atoms with Crippen LogP contribution in [0.15, 0.2) is 35.1 Å². The minimum atomic E-state index is -0.237. The average molecular weight is 302 g/mol. The number of carbonyl (C=O) groups excluding carboxylic acids is 1. The van der Waals surface area contributed by atoms with Gasteiger partial charge in [0.1, 0.15) is 12.4 Å². The molecule has 0 aliphatic carbocycles. The lowest BCUT2D eigenvalue weighted by molar-refractivity contribution is -0.121. The van der Waals surface area contributed by atoms with Crippen molar-refractivity contribution in [3.63, 3.8) is 0 Å². The summed E-state index contributed by atoms with van der Waals surface area (Å²) in [4.78, 5) is 24.0. The Morgan fingerprint density at radius 3 is 2.64 bits per heavy atom. The Morgan fingerprint density at radius 2 is 2.00 bits per heavy atom. The highest BCUT2D eigenvalue weighted by Crippen LogP contribution is 2.06. The number of likely N-dealkylation sites (N-methyl/N-ethyl adjacent to an activating group) is 1. The van der Waals surface area contributed by atoms with Crippen molar-refractivity contribution in [2.75, 3.05) is 7.05 Å². The maximum Gasteiger partial charge on any atom is 0.346 e. The van der Waals surface area contributed by atoms with Crippen LogP contribution in [-0.4, -0.2) is 27.3 Å². The van der Waals surface area contributed by atoms with Crippen molar-refractivity contribution in [1.29, 1.82) is 0 Å². The number of nitrogens with one attached hydrogen (secondary N) is 1. The third-order valence-corrected chi connectivity index (χ3v) is 3.51. The Morgan fingerprint density at radius 1 is 1.27 bits per heavy atom. The summed E-state index contributed by atoms with van der Waals surface area (Å²) < 4.78 is 2.90. The zero-order valence-corrected chi connectivity index (χ0v) is 13.1. The van der Waals surface area contributed by atoms with Gasteiger partial charge in [-0.25, -0.2) is 9.48 Å². The van der Waals surface area contributed by atoms with Gasteiger partial charge in [-0.2, -0.15) is 5.10 Å². The molecule has 0 bridgehead atoms. The van der Waals surface area contributed by atoms with Gasteiger partial charge in [0.05, 0.1) is 6.54 Å². The number of aromatic nitrogens is 3. The number of hydrogen-bond donors (Lipinski definition) is 1. The molecule has 0 spiro atoms. The number of amides is 1. The number of rotatable bonds is 7. The highest BCUT2D eigenvalue weighted by Gasteiger charge is 2.15. The molecule has 2 rings (SSSR count). The van der Waals surface area contributed by atoms with Crippen LogP contribution in [0.5, 0.6) is 0 Å². The molecule has 22 heavy (non-hydrogen) atoms. The fraction of sp³-hybridized carbons (Fsp3) is 0.438. The van der Waals surface area contributed by atoms with Crippen molar-refractivity contribution in [2.45, 2.75) is 39.3 Å². The van der Waals surface area contributed by atoms with Gasteiger partial charge < -0.3 is 5.32 Å². The molecule has 0 unspecified atom stereocenters. The van der Waals surface area contributed by atoms with E-state index >= 15 is 0 Å². The van der Waals surface area contributed by atoms with Crippen LogP contribution >= 0.6 is 0 Å². The molecule has 1 heterocycles. The molecule has 1 aromatic carbocycles. The fourth-order valence-corrected chi connectivity index (χ4v) is 2.25. The van der Waals surface area contributed by atoms with E-state index < -0.39 is 0 Å². The van der Waals surface area contributed by atoms with Crippen molar-refractivity contribution < 1.29 is 4.79 Å². The van der Waals surface area contributed by atoms with Crippen LogP contribution < -0.4 is 11.0 Å². The first-order valence-corrected chi connectivity index (χ1v) is 7.56. The van der Waals surface area contributed by atoms with E-state index in [1.165, 1.54) is 4.68 Å². The van der Waals surface area contributed by atoms with Gasteiger partial charge in [-0.3, -0.25) is 9.36 Å². The van der Waals surface area contributed by atoms with Gasteiger partial charge in [0, 0.05) is 13.5 Å². The Kier molecular flexibility index (Phi) is 5.52. The van der Waals surface area contributed by atoms with Gasteiger partial charge >= 0.3 is 5.69 Å². The predicted molar refractivity (Wildman–Crippen MR) is 84.7 cm³/mol. The van der Waals surface area contributed by atoms with Gasteiger partial charge in [-0.1, -0.05) is 43.7 Å². The lowest BCUT2D eigenvalue weighted by atomic mass is 10.2. The minimum absolute atomic E-state index is 0.0454. The molecule has 1 amide bonds. The van der Waals surface area contributed by atoms with Gasteiger partial charge in [0.15, 0.2) is 0 Å². The molecule has 6 heteroatoms. The quantitative estimate of drug-likeness (QED) is 0.835. The molecule has 0 aliphatic heterocycles. The maximum atomic E-state index is 12.5. The number of benzene rings is 1. The van der Waals surface area contributed by atoms with E-state index in [0.717, 1.165) is 30.7 Å². The molecule has 0 atom stereocenters. The normalized spacial score (nSPS) is 10.6. The summed E-state index contributed by atoms with van der Waals surface area (Å²) in [6.45, 7) is 2.53. The molecule has 118 valence electrons. The number of aryl methyl sites for hydroxylation is 1. The molecule has 0 saturated carbocycles. The third-order valence-electron chi connectivity index (χ3n) is 3.51. The summed E-state index contributed by atoms with van der Waals surface area (Å²) in [5.41, 5.74) is 0.806. The van der Waals surface area contributed by atoms with Crippen molar-refractivity contribution >= 4 is 5.91 Å². The predicted octanol–water partition coefficient (Wildman–Crippen LogP) is 1.18. The lowest BCUT2D eigenvalue weighted by Crippen LogP contribution is -2.32. The van der Waals surface area contributed by atoms with Crippen molar-refractivity contribution in [1.82, 2.24) is 19.7 Å². The smallest absolute Gasteiger partial charge is 0.346 e. The van der Waals surface area contributed by atoms with E-state index in [1.807, 2.05) is 30.3 Å². The summed E-state index contributed by atoms with van der Waals surface area (Å²) in [5.74, 6) is 0.508. The first-order valence-electron chi connectivity index (χ1n) is 7.56. The lowest BCUT2D eigenvalue weighted by Gasteiger charge is -2.05. The monoisotopic (exact) mass is 302 g/mol. The fourth-order valence-electron chi connectivity index (χ4n) is 2.25. The van der Waals surface area contributed by atoms with E-state index in [1.54, 1.807) is 11.6 Å². The molecular formula is C16H22N4O2. The molecule has 1 N–H and O–H groups in total. The number of unbranched alkanes of at least 4 members (excludes halogenated alkanes) is 1. The second-order valence-corrected chi connectivity index (χ2v) is 5.20. The van der Waals surface area contributed by atoms with Crippen LogP contribution in [0.2, 0.25) is 0 Å². The van der Waals surface area contributed by atoms with Gasteiger partial charge in [0.25, 0.3) is 0 Å². The van der Waals surface area contributed by atoms with Crippen LogP contribution in [0.3, 0.4) is 0 Å². The summed E-state index contributed by atoms with van der Waals surface area (Å²) in [7, 11) is 1.55. The van der Waals surface area contributed by atoms with Gasteiger partial charge in [0.2, 0.25) is 5.91 Å². The van der Waals surface area contributed by atoms with Crippen LogP contribution in [0.25, 0.3) is 0 Å². The largest absolute Gasteiger partial charge is 0.358 e. The van der Waals surface area contributed by atoms with E-state index in [9.17, 15) is 9.59 Å². The van der Waals surface area contributed by atoms with E-state index in [4.69, 9.17) is 0 Å². The van der Waals surface area contributed by atoms with E-state index in [2.05, 4.69) is 17.3 Å². The average Bonchev–Trinajstić information content (AvgIpc) is 2.82. The van der Waals surface area contributed by atoms with Gasteiger partial charge in [-0.05, 0) is 12.0 Å². The standard InChI is InChI=1S/C16H22N4O2/c1-3-4-10-14-18-20(12-15(21)17-2)16(22)19(14)11-13-8-6-5-7-9-13/h5-9H,3-4,10-12H2,1-2H3,(H,17,21). The maximum absolute atomic E-state index is 12.5. The van der Waals surface area contributed by atoms with Crippen LogP contribution in [-0.2, 0) is 24.3 Å². The highest BCUT2D eigenvalue weighted by molar-refractivity contribution is 5.75. The first kappa shape index (κ1) is 16.0. The SMILES string of the molecule is CCCCc1nn(CC(=O)NC)c(=O)n1Cc1ccccc1. The molecule has 1 aromatic heterocycles. The zero-order chi connectivity index (χ0) is 15.9. The first-order chi connectivity index (χ1) is 10.7. The molecule has 0 saturated heterocycles. The molecule has 0 aliphatic rings. The molecule has 0 radical (unpaired) electrons. The van der Waals surface area contributed by atoms with Crippen LogP contribution in [0, 0.1) is 0 Å². The molecule has 6 nitrogen and oxygen atoms in total. The molecule has 2 aromatic rings. The molecular weight excluding hydrogens is 280 g/mol. The van der Waals surface area contributed by atoms with E-state index in [-0.39, 0.29) is 18.1 Å². The van der Waals surface area contributed by atoms with Gasteiger partial charge in [-0.15, -0.1) is 0 Å². The topological polar surface area (TPSA) is 68.9 Å². The summed E-state index contributed by atoms with van der Waals surface area (Å²) >= 11 is 0. The Balaban J connectivity index is 2.32. The van der Waals surface area contributed by atoms with Crippen LogP contribution in [0.4, 0.5) is 0 Å². The second-order valence-electron chi connectivity index (χ2n) is 5.20. The van der Waals surface area contributed by atoms with E-state index in [0.29, 0.717) is 6.54 Å². The molecule has 0 fully saturated rings.